The highest BCUT2D eigenvalue weighted by Gasteiger charge is 2.34. The van der Waals surface area contributed by atoms with Crippen molar-refractivity contribution in [2.75, 3.05) is 6.61 Å². The summed E-state index contributed by atoms with van der Waals surface area (Å²) in [4.78, 5) is 15.3. The van der Waals surface area contributed by atoms with E-state index in [0.29, 0.717) is 6.07 Å². The molecule has 0 radical (unpaired) electrons. The minimum absolute atomic E-state index is 0.0927. The topological polar surface area (TPSA) is 39.2 Å². The van der Waals surface area contributed by atoms with Crippen LogP contribution in [0.4, 0.5) is 17.6 Å². The van der Waals surface area contributed by atoms with Crippen LogP contribution in [0.1, 0.15) is 23.0 Å². The number of aromatic nitrogens is 1. The van der Waals surface area contributed by atoms with Crippen molar-refractivity contribution in [2.45, 2.75) is 13.1 Å². The van der Waals surface area contributed by atoms with Crippen LogP contribution in [0.15, 0.2) is 23.6 Å². The van der Waals surface area contributed by atoms with Gasteiger partial charge in [-0.05, 0) is 25.1 Å². The number of carbonyl (C=O) groups is 1. The van der Waals surface area contributed by atoms with Crippen LogP contribution >= 0.6 is 11.3 Å². The van der Waals surface area contributed by atoms with Crippen molar-refractivity contribution >= 4 is 17.3 Å². The van der Waals surface area contributed by atoms with Crippen LogP contribution in [-0.4, -0.2) is 17.6 Å². The van der Waals surface area contributed by atoms with Gasteiger partial charge >= 0.3 is 12.1 Å². The maximum absolute atomic E-state index is 13.2. The Bertz CT molecular complexity index is 666. The molecule has 0 spiro atoms. The van der Waals surface area contributed by atoms with Gasteiger partial charge in [0.1, 0.15) is 10.8 Å². The van der Waals surface area contributed by atoms with E-state index in [1.165, 1.54) is 5.38 Å². The first-order valence-electron chi connectivity index (χ1n) is 5.82. The van der Waals surface area contributed by atoms with Crippen LogP contribution in [0.25, 0.3) is 10.6 Å². The molecule has 1 heterocycles. The summed E-state index contributed by atoms with van der Waals surface area (Å²) >= 11 is 0.817. The van der Waals surface area contributed by atoms with Crippen molar-refractivity contribution < 1.29 is 27.1 Å². The summed E-state index contributed by atoms with van der Waals surface area (Å²) in [6, 6.07) is 2.12. The Morgan fingerprint density at radius 3 is 2.71 bits per heavy atom. The first-order chi connectivity index (χ1) is 9.82. The first-order valence-corrected chi connectivity index (χ1v) is 6.70. The number of alkyl halides is 3. The molecule has 0 aliphatic heterocycles. The van der Waals surface area contributed by atoms with Crippen molar-refractivity contribution in [3.63, 3.8) is 0 Å². The van der Waals surface area contributed by atoms with E-state index < -0.39 is 29.1 Å². The van der Waals surface area contributed by atoms with E-state index >= 15 is 0 Å². The number of thiazole rings is 1. The predicted octanol–water partition coefficient (Wildman–Crippen LogP) is 4.14. The maximum atomic E-state index is 13.2. The summed E-state index contributed by atoms with van der Waals surface area (Å²) in [7, 11) is 0. The minimum atomic E-state index is -4.64. The number of nitrogens with zero attached hydrogens (tertiary/aromatic N) is 1. The highest BCUT2D eigenvalue weighted by Crippen LogP contribution is 2.38. The largest absolute Gasteiger partial charge is 0.461 e. The smallest absolute Gasteiger partial charge is 0.417 e. The van der Waals surface area contributed by atoms with Crippen LogP contribution in [0.3, 0.4) is 0 Å². The molecular formula is C13H9F4NO2S. The third-order valence-corrected chi connectivity index (χ3v) is 3.38. The predicted molar refractivity (Wildman–Crippen MR) is 68.5 cm³/mol. The molecule has 21 heavy (non-hydrogen) atoms. The van der Waals surface area contributed by atoms with Crippen LogP contribution in [0, 0.1) is 5.82 Å². The van der Waals surface area contributed by atoms with Gasteiger partial charge in [-0.15, -0.1) is 11.3 Å². The molecule has 0 unspecified atom stereocenters. The van der Waals surface area contributed by atoms with Gasteiger partial charge in [-0.3, -0.25) is 0 Å². The number of rotatable bonds is 3. The van der Waals surface area contributed by atoms with E-state index in [2.05, 4.69) is 4.98 Å². The zero-order valence-electron chi connectivity index (χ0n) is 10.7. The number of halogens is 4. The molecule has 3 nitrogen and oxygen atoms in total. The second kappa shape index (κ2) is 5.80. The Morgan fingerprint density at radius 2 is 2.10 bits per heavy atom. The van der Waals surface area contributed by atoms with Crippen molar-refractivity contribution in [2.24, 2.45) is 0 Å². The minimum Gasteiger partial charge on any atom is -0.461 e. The van der Waals surface area contributed by atoms with E-state index in [1.807, 2.05) is 0 Å². The number of esters is 1. The van der Waals surface area contributed by atoms with Crippen molar-refractivity contribution in [3.8, 4) is 10.6 Å². The third-order valence-electron chi connectivity index (χ3n) is 2.51. The summed E-state index contributed by atoms with van der Waals surface area (Å²) in [5, 5.41) is 1.18. The molecule has 0 saturated carbocycles. The molecule has 0 amide bonds. The summed E-state index contributed by atoms with van der Waals surface area (Å²) in [6.45, 7) is 1.72. The molecule has 2 rings (SSSR count). The summed E-state index contributed by atoms with van der Waals surface area (Å²) < 4.78 is 56.7. The van der Waals surface area contributed by atoms with E-state index in [1.54, 1.807) is 6.92 Å². The third kappa shape index (κ3) is 3.38. The van der Waals surface area contributed by atoms with Gasteiger partial charge in [-0.1, -0.05) is 0 Å². The van der Waals surface area contributed by atoms with Gasteiger partial charge in [0, 0.05) is 10.9 Å². The van der Waals surface area contributed by atoms with E-state index in [4.69, 9.17) is 4.74 Å². The molecule has 1 aromatic heterocycles. The Hall–Kier alpha value is -1.96. The normalized spacial score (nSPS) is 11.5. The number of hydrogen-bond acceptors (Lipinski definition) is 4. The summed E-state index contributed by atoms with van der Waals surface area (Å²) in [5.41, 5.74) is -1.51. The zero-order chi connectivity index (χ0) is 15.6. The van der Waals surface area contributed by atoms with Gasteiger partial charge < -0.3 is 4.74 Å². The summed E-state index contributed by atoms with van der Waals surface area (Å²) in [5.74, 6) is -1.55. The highest BCUT2D eigenvalue weighted by molar-refractivity contribution is 7.13. The molecule has 0 aliphatic carbocycles. The van der Waals surface area contributed by atoms with Crippen LogP contribution in [0.5, 0.6) is 0 Å². The number of ether oxygens (including phenoxy) is 1. The average molecular weight is 319 g/mol. The van der Waals surface area contributed by atoms with Gasteiger partial charge in [0.2, 0.25) is 0 Å². The van der Waals surface area contributed by atoms with E-state index in [0.717, 1.165) is 23.5 Å². The van der Waals surface area contributed by atoms with Crippen molar-refractivity contribution in [1.29, 1.82) is 0 Å². The van der Waals surface area contributed by atoms with Gasteiger partial charge in [-0.25, -0.2) is 14.2 Å². The molecule has 2 aromatic rings. The standard InChI is InChI=1S/C13H9F4NO2S/c1-2-20-12(19)10-6-21-11(18-10)8-5-7(14)3-4-9(8)13(15,16)17/h3-6H,2H2,1H3. The number of hydrogen-bond donors (Lipinski definition) is 0. The Balaban J connectivity index is 2.47. The van der Waals surface area contributed by atoms with Crippen LogP contribution in [0.2, 0.25) is 0 Å². The Morgan fingerprint density at radius 1 is 1.38 bits per heavy atom. The van der Waals surface area contributed by atoms with Gasteiger partial charge in [0.25, 0.3) is 0 Å². The molecule has 0 fully saturated rings. The molecule has 1 aromatic carbocycles. The fourth-order valence-corrected chi connectivity index (χ4v) is 2.46. The van der Waals surface area contributed by atoms with Crippen LogP contribution in [-0.2, 0) is 10.9 Å². The van der Waals surface area contributed by atoms with Crippen molar-refractivity contribution in [1.82, 2.24) is 4.98 Å². The number of benzene rings is 1. The molecule has 0 saturated heterocycles. The SMILES string of the molecule is CCOC(=O)c1csc(-c2cc(F)ccc2C(F)(F)F)n1. The lowest BCUT2D eigenvalue weighted by atomic mass is 10.1. The maximum Gasteiger partial charge on any atom is 0.417 e. The molecule has 0 bridgehead atoms. The fourth-order valence-electron chi connectivity index (χ4n) is 1.64. The van der Waals surface area contributed by atoms with Gasteiger partial charge in [0.05, 0.1) is 12.2 Å². The monoisotopic (exact) mass is 319 g/mol. The first kappa shape index (κ1) is 15.4. The Kier molecular flexibility index (Phi) is 4.26. The van der Waals surface area contributed by atoms with Gasteiger partial charge in [0.15, 0.2) is 5.69 Å². The molecule has 0 aliphatic rings. The van der Waals surface area contributed by atoms with E-state index in [-0.39, 0.29) is 17.3 Å². The molecule has 0 N–H and O–H groups in total. The lowest BCUT2D eigenvalue weighted by molar-refractivity contribution is -0.137. The number of carbonyl (C=O) groups excluding carboxylic acids is 1. The molecule has 112 valence electrons. The quantitative estimate of drug-likeness (QED) is 0.630. The van der Waals surface area contributed by atoms with E-state index in [9.17, 15) is 22.4 Å². The average Bonchev–Trinajstić information content (AvgIpc) is 2.87. The fraction of sp³-hybridized carbons (Fsp3) is 0.231. The molecule has 0 atom stereocenters. The lowest BCUT2D eigenvalue weighted by Gasteiger charge is -2.10. The second-order valence-corrected chi connectivity index (χ2v) is 4.80. The lowest BCUT2D eigenvalue weighted by Crippen LogP contribution is -2.08. The second-order valence-electron chi connectivity index (χ2n) is 3.95. The van der Waals surface area contributed by atoms with Gasteiger partial charge in [-0.2, -0.15) is 13.2 Å². The summed E-state index contributed by atoms with van der Waals surface area (Å²) in [6.07, 6.45) is -4.64. The highest BCUT2D eigenvalue weighted by atomic mass is 32.1. The molecule has 8 heteroatoms. The Labute approximate surface area is 121 Å². The zero-order valence-corrected chi connectivity index (χ0v) is 11.5. The van der Waals surface area contributed by atoms with Crippen LogP contribution < -0.4 is 0 Å². The van der Waals surface area contributed by atoms with Crippen molar-refractivity contribution in [3.05, 3.63) is 40.7 Å². The molecular weight excluding hydrogens is 310 g/mol.